The molecule has 0 aliphatic rings. The zero-order valence-electron chi connectivity index (χ0n) is 12.2. The quantitative estimate of drug-likeness (QED) is 0.506. The molecular formula is C19H15NO2. The Morgan fingerprint density at radius 2 is 1.68 bits per heavy atom. The van der Waals surface area contributed by atoms with Crippen LogP contribution in [0.3, 0.4) is 0 Å². The minimum absolute atomic E-state index is 0.0501. The van der Waals surface area contributed by atoms with E-state index in [1.807, 2.05) is 54.6 Å². The third kappa shape index (κ3) is 3.20. The summed E-state index contributed by atoms with van der Waals surface area (Å²) in [4.78, 5) is 15.6. The monoisotopic (exact) mass is 289 g/mol. The summed E-state index contributed by atoms with van der Waals surface area (Å²) < 4.78 is 5.75. The first-order valence-corrected chi connectivity index (χ1v) is 7.03. The summed E-state index contributed by atoms with van der Waals surface area (Å²) in [7, 11) is 0. The third-order valence-corrected chi connectivity index (χ3v) is 3.30. The lowest BCUT2D eigenvalue weighted by molar-refractivity contribution is 0.101. The van der Waals surface area contributed by atoms with Crippen LogP contribution >= 0.6 is 0 Å². The van der Waals surface area contributed by atoms with Gasteiger partial charge in [-0.05, 0) is 43.3 Å². The molecule has 0 saturated carbocycles. The molecule has 0 N–H and O–H groups in total. The number of furan rings is 1. The molecule has 0 bridgehead atoms. The smallest absolute Gasteiger partial charge is 0.159 e. The van der Waals surface area contributed by atoms with Crippen molar-refractivity contribution in [3.63, 3.8) is 0 Å². The zero-order chi connectivity index (χ0) is 15.4. The van der Waals surface area contributed by atoms with Gasteiger partial charge < -0.3 is 4.42 Å². The first-order chi connectivity index (χ1) is 10.7. The van der Waals surface area contributed by atoms with Crippen molar-refractivity contribution >= 4 is 17.7 Å². The van der Waals surface area contributed by atoms with E-state index in [1.54, 1.807) is 25.3 Å². The molecular weight excluding hydrogens is 274 g/mol. The fourth-order valence-electron chi connectivity index (χ4n) is 2.10. The van der Waals surface area contributed by atoms with E-state index < -0.39 is 0 Å². The third-order valence-electron chi connectivity index (χ3n) is 3.30. The minimum atomic E-state index is 0.0501. The second-order valence-corrected chi connectivity index (χ2v) is 4.93. The number of aliphatic imine (C=N–C) groups is 1. The molecule has 0 saturated heterocycles. The largest absolute Gasteiger partial charge is 0.455 e. The molecule has 0 fully saturated rings. The number of hydrogen-bond acceptors (Lipinski definition) is 3. The maximum Gasteiger partial charge on any atom is 0.159 e. The summed E-state index contributed by atoms with van der Waals surface area (Å²) in [6.45, 7) is 1.55. The molecule has 0 aliphatic carbocycles. The van der Waals surface area contributed by atoms with Gasteiger partial charge in [0.1, 0.15) is 11.5 Å². The molecule has 0 aliphatic heterocycles. The van der Waals surface area contributed by atoms with Crippen LogP contribution in [0.2, 0.25) is 0 Å². The summed E-state index contributed by atoms with van der Waals surface area (Å²) >= 11 is 0. The van der Waals surface area contributed by atoms with Crippen LogP contribution < -0.4 is 0 Å². The summed E-state index contributed by atoms with van der Waals surface area (Å²) in [5, 5.41) is 0. The van der Waals surface area contributed by atoms with Gasteiger partial charge in [-0.2, -0.15) is 0 Å². The Hall–Kier alpha value is -2.94. The lowest BCUT2D eigenvalue weighted by Crippen LogP contribution is -1.89. The van der Waals surface area contributed by atoms with Crippen molar-refractivity contribution in [2.75, 3.05) is 0 Å². The lowest BCUT2D eigenvalue weighted by atomic mass is 10.1. The van der Waals surface area contributed by atoms with Crippen LogP contribution in [-0.4, -0.2) is 12.0 Å². The number of rotatable bonds is 4. The predicted molar refractivity (Wildman–Crippen MR) is 87.8 cm³/mol. The first-order valence-electron chi connectivity index (χ1n) is 7.03. The number of ketones is 1. The molecule has 1 heterocycles. The topological polar surface area (TPSA) is 42.6 Å². The molecule has 0 radical (unpaired) electrons. The number of hydrogen-bond donors (Lipinski definition) is 0. The van der Waals surface area contributed by atoms with E-state index in [0.29, 0.717) is 11.3 Å². The molecule has 108 valence electrons. The van der Waals surface area contributed by atoms with Crippen LogP contribution in [-0.2, 0) is 0 Å². The fraction of sp³-hybridized carbons (Fsp3) is 0.0526. The van der Waals surface area contributed by atoms with Crippen LogP contribution in [0.5, 0.6) is 0 Å². The van der Waals surface area contributed by atoms with Gasteiger partial charge in [-0.1, -0.05) is 30.3 Å². The van der Waals surface area contributed by atoms with Crippen molar-refractivity contribution in [2.24, 2.45) is 4.99 Å². The van der Waals surface area contributed by atoms with E-state index in [2.05, 4.69) is 4.99 Å². The van der Waals surface area contributed by atoms with Crippen molar-refractivity contribution in [1.29, 1.82) is 0 Å². The Labute approximate surface area is 128 Å². The minimum Gasteiger partial charge on any atom is -0.455 e. The molecule has 2 aromatic carbocycles. The van der Waals surface area contributed by atoms with E-state index in [4.69, 9.17) is 4.42 Å². The van der Waals surface area contributed by atoms with Crippen molar-refractivity contribution in [2.45, 2.75) is 6.92 Å². The van der Waals surface area contributed by atoms with Gasteiger partial charge in [0, 0.05) is 11.1 Å². The predicted octanol–water partition coefficient (Wildman–Crippen LogP) is 4.90. The summed E-state index contributed by atoms with van der Waals surface area (Å²) in [5.74, 6) is 1.55. The SMILES string of the molecule is CC(=O)c1ccc(N=Cc2ccc(-c3ccccc3)o2)cc1. The van der Waals surface area contributed by atoms with Gasteiger partial charge in [-0.15, -0.1) is 0 Å². The Morgan fingerprint density at radius 1 is 0.955 bits per heavy atom. The molecule has 3 aromatic rings. The molecule has 0 unspecified atom stereocenters. The van der Waals surface area contributed by atoms with Gasteiger partial charge in [-0.25, -0.2) is 0 Å². The lowest BCUT2D eigenvalue weighted by Gasteiger charge is -1.96. The van der Waals surface area contributed by atoms with Crippen LogP contribution in [0, 0.1) is 0 Å². The van der Waals surface area contributed by atoms with Gasteiger partial charge in [-0.3, -0.25) is 9.79 Å². The zero-order valence-corrected chi connectivity index (χ0v) is 12.2. The Bertz CT molecular complexity index is 799. The number of carbonyl (C=O) groups excluding carboxylic acids is 1. The maximum atomic E-state index is 11.2. The highest BCUT2D eigenvalue weighted by atomic mass is 16.3. The summed E-state index contributed by atoms with van der Waals surface area (Å²) in [6.07, 6.45) is 1.68. The highest BCUT2D eigenvalue weighted by Gasteiger charge is 2.02. The normalized spacial score (nSPS) is 11.0. The maximum absolute atomic E-state index is 11.2. The number of nitrogens with zero attached hydrogens (tertiary/aromatic N) is 1. The molecule has 1 aromatic heterocycles. The van der Waals surface area contributed by atoms with E-state index in [-0.39, 0.29) is 5.78 Å². The van der Waals surface area contributed by atoms with Crippen LogP contribution in [0.25, 0.3) is 11.3 Å². The van der Waals surface area contributed by atoms with Crippen molar-refractivity contribution < 1.29 is 9.21 Å². The van der Waals surface area contributed by atoms with E-state index >= 15 is 0 Å². The Balaban J connectivity index is 1.76. The number of benzene rings is 2. The van der Waals surface area contributed by atoms with E-state index in [0.717, 1.165) is 17.0 Å². The molecule has 0 spiro atoms. The molecule has 0 amide bonds. The van der Waals surface area contributed by atoms with Gasteiger partial charge in [0.15, 0.2) is 5.78 Å². The molecule has 0 atom stereocenters. The second kappa shape index (κ2) is 6.22. The second-order valence-electron chi connectivity index (χ2n) is 4.93. The van der Waals surface area contributed by atoms with Gasteiger partial charge in [0.2, 0.25) is 0 Å². The molecule has 22 heavy (non-hydrogen) atoms. The number of Topliss-reactive ketones (excluding diaryl/α,β-unsaturated/α-hetero) is 1. The number of carbonyl (C=O) groups is 1. The highest BCUT2D eigenvalue weighted by Crippen LogP contribution is 2.21. The molecule has 3 nitrogen and oxygen atoms in total. The average Bonchev–Trinajstić information content (AvgIpc) is 3.03. The standard InChI is InChI=1S/C19H15NO2/c1-14(21)15-7-9-17(10-8-15)20-13-18-11-12-19(22-18)16-5-3-2-4-6-16/h2-13H,1H3. The van der Waals surface area contributed by atoms with Crippen LogP contribution in [0.15, 0.2) is 76.1 Å². The Kier molecular flexibility index (Phi) is 3.97. The van der Waals surface area contributed by atoms with Crippen molar-refractivity contribution in [3.8, 4) is 11.3 Å². The van der Waals surface area contributed by atoms with Gasteiger partial charge in [0.05, 0.1) is 11.9 Å². The first kappa shape index (κ1) is 14.0. The van der Waals surface area contributed by atoms with Gasteiger partial charge in [0.25, 0.3) is 0 Å². The molecule has 3 rings (SSSR count). The summed E-state index contributed by atoms with van der Waals surface area (Å²) in [6, 6.07) is 20.9. The Morgan fingerprint density at radius 3 is 2.36 bits per heavy atom. The van der Waals surface area contributed by atoms with Crippen molar-refractivity contribution in [1.82, 2.24) is 0 Å². The fourth-order valence-corrected chi connectivity index (χ4v) is 2.10. The van der Waals surface area contributed by atoms with Crippen molar-refractivity contribution in [3.05, 3.63) is 78.1 Å². The van der Waals surface area contributed by atoms with Crippen LogP contribution in [0.1, 0.15) is 23.0 Å². The van der Waals surface area contributed by atoms with E-state index in [9.17, 15) is 4.79 Å². The summed E-state index contributed by atoms with van der Waals surface area (Å²) in [5.41, 5.74) is 2.50. The van der Waals surface area contributed by atoms with Gasteiger partial charge >= 0.3 is 0 Å². The van der Waals surface area contributed by atoms with Crippen LogP contribution in [0.4, 0.5) is 5.69 Å². The van der Waals surface area contributed by atoms with E-state index in [1.165, 1.54) is 0 Å². The molecule has 3 heteroatoms. The highest BCUT2D eigenvalue weighted by molar-refractivity contribution is 5.94. The average molecular weight is 289 g/mol.